The van der Waals surface area contributed by atoms with Crippen LogP contribution in [0.4, 0.5) is 0 Å². The molecule has 0 aliphatic heterocycles. The summed E-state index contributed by atoms with van der Waals surface area (Å²) in [6.45, 7) is 0.293. The fourth-order valence-corrected chi connectivity index (χ4v) is 2.56. The minimum Gasteiger partial charge on any atom is -0.391 e. The Labute approximate surface area is 104 Å². The van der Waals surface area contributed by atoms with Gasteiger partial charge in [-0.15, -0.1) is 0 Å². The molecule has 15 heavy (non-hydrogen) atoms. The molecule has 1 atom stereocenters. The standard InChI is InChI=1S/C10H13Cl2NOS/c11-8-2-1-7(10(12)3-8)5-15-6-9(14)4-13/h1-3,9,14H,4-6,13H2. The predicted octanol–water partition coefficient (Wildman–Crippen LogP) is 2.55. The second-order valence-electron chi connectivity index (χ2n) is 3.14. The molecule has 0 saturated heterocycles. The van der Waals surface area contributed by atoms with Crippen LogP contribution in [0.1, 0.15) is 5.56 Å². The zero-order valence-electron chi connectivity index (χ0n) is 8.12. The first-order valence-electron chi connectivity index (χ1n) is 4.53. The smallest absolute Gasteiger partial charge is 0.0752 e. The van der Waals surface area contributed by atoms with Gasteiger partial charge < -0.3 is 10.8 Å². The van der Waals surface area contributed by atoms with Crippen LogP contribution in [0, 0.1) is 0 Å². The lowest BCUT2D eigenvalue weighted by molar-refractivity contribution is 0.208. The van der Waals surface area contributed by atoms with Gasteiger partial charge in [0.05, 0.1) is 6.10 Å². The minimum absolute atomic E-state index is 0.293. The fourth-order valence-electron chi connectivity index (χ4n) is 1.01. The second-order valence-corrected chi connectivity index (χ2v) is 5.01. The van der Waals surface area contributed by atoms with Crippen LogP contribution >= 0.6 is 35.0 Å². The molecule has 0 aliphatic carbocycles. The van der Waals surface area contributed by atoms with Gasteiger partial charge in [-0.25, -0.2) is 0 Å². The van der Waals surface area contributed by atoms with Crippen molar-refractivity contribution in [2.75, 3.05) is 12.3 Å². The number of thioether (sulfide) groups is 1. The lowest BCUT2D eigenvalue weighted by Gasteiger charge is -2.08. The third kappa shape index (κ3) is 4.62. The number of aliphatic hydroxyl groups excluding tert-OH is 1. The van der Waals surface area contributed by atoms with Gasteiger partial charge in [0.1, 0.15) is 0 Å². The molecule has 84 valence electrons. The van der Waals surface area contributed by atoms with Crippen molar-refractivity contribution in [2.45, 2.75) is 11.9 Å². The highest BCUT2D eigenvalue weighted by Gasteiger charge is 2.04. The Morgan fingerprint density at radius 2 is 2.13 bits per heavy atom. The molecular formula is C10H13Cl2NOS. The topological polar surface area (TPSA) is 46.2 Å². The lowest BCUT2D eigenvalue weighted by atomic mass is 10.2. The number of halogens is 2. The third-order valence-electron chi connectivity index (χ3n) is 1.85. The Hall–Kier alpha value is 0.0700. The molecule has 1 aromatic rings. The monoisotopic (exact) mass is 265 g/mol. The van der Waals surface area contributed by atoms with Gasteiger partial charge in [0, 0.05) is 28.1 Å². The maximum Gasteiger partial charge on any atom is 0.0752 e. The third-order valence-corrected chi connectivity index (χ3v) is 3.58. The van der Waals surface area contributed by atoms with E-state index in [0.717, 1.165) is 11.3 Å². The molecule has 1 aromatic carbocycles. The van der Waals surface area contributed by atoms with Crippen LogP contribution in [-0.4, -0.2) is 23.5 Å². The maximum atomic E-state index is 9.25. The van der Waals surface area contributed by atoms with Crippen molar-refractivity contribution < 1.29 is 5.11 Å². The Morgan fingerprint density at radius 1 is 1.40 bits per heavy atom. The molecule has 0 spiro atoms. The summed E-state index contributed by atoms with van der Waals surface area (Å²) >= 11 is 13.4. The van der Waals surface area contributed by atoms with Crippen molar-refractivity contribution in [3.05, 3.63) is 33.8 Å². The van der Waals surface area contributed by atoms with Crippen molar-refractivity contribution in [3.63, 3.8) is 0 Å². The highest BCUT2D eigenvalue weighted by atomic mass is 35.5. The average molecular weight is 266 g/mol. The number of nitrogens with two attached hydrogens (primary N) is 1. The van der Waals surface area contributed by atoms with Crippen LogP contribution < -0.4 is 5.73 Å². The Morgan fingerprint density at radius 3 is 2.73 bits per heavy atom. The van der Waals surface area contributed by atoms with E-state index in [1.165, 1.54) is 0 Å². The fraction of sp³-hybridized carbons (Fsp3) is 0.400. The average Bonchev–Trinajstić information content (AvgIpc) is 2.21. The van der Waals surface area contributed by atoms with Crippen LogP contribution in [0.25, 0.3) is 0 Å². The molecule has 0 heterocycles. The molecule has 0 amide bonds. The van der Waals surface area contributed by atoms with E-state index >= 15 is 0 Å². The van der Waals surface area contributed by atoms with E-state index in [1.807, 2.05) is 12.1 Å². The second kappa shape index (κ2) is 6.61. The first kappa shape index (κ1) is 13.1. The summed E-state index contributed by atoms with van der Waals surface area (Å²) in [7, 11) is 0. The predicted molar refractivity (Wildman–Crippen MR) is 67.7 cm³/mol. The zero-order valence-corrected chi connectivity index (χ0v) is 10.4. The molecule has 0 radical (unpaired) electrons. The van der Waals surface area contributed by atoms with Crippen molar-refractivity contribution in [1.29, 1.82) is 0 Å². The van der Waals surface area contributed by atoms with Gasteiger partial charge in [0.25, 0.3) is 0 Å². The summed E-state index contributed by atoms with van der Waals surface area (Å²) in [5.41, 5.74) is 6.32. The van der Waals surface area contributed by atoms with Gasteiger partial charge in [-0.1, -0.05) is 29.3 Å². The number of rotatable bonds is 5. The van der Waals surface area contributed by atoms with Gasteiger partial charge in [0.2, 0.25) is 0 Å². The van der Waals surface area contributed by atoms with Crippen molar-refractivity contribution in [2.24, 2.45) is 5.73 Å². The molecular weight excluding hydrogens is 253 g/mol. The lowest BCUT2D eigenvalue weighted by Crippen LogP contribution is -2.21. The maximum absolute atomic E-state index is 9.25. The normalized spacial score (nSPS) is 12.8. The summed E-state index contributed by atoms with van der Waals surface area (Å²) in [4.78, 5) is 0. The van der Waals surface area contributed by atoms with Crippen LogP contribution in [0.2, 0.25) is 10.0 Å². The van der Waals surface area contributed by atoms with Gasteiger partial charge in [-0.2, -0.15) is 11.8 Å². The van der Waals surface area contributed by atoms with Crippen molar-refractivity contribution in [3.8, 4) is 0 Å². The van der Waals surface area contributed by atoms with Crippen LogP contribution in [0.3, 0.4) is 0 Å². The van der Waals surface area contributed by atoms with E-state index in [9.17, 15) is 5.11 Å². The summed E-state index contributed by atoms with van der Waals surface area (Å²) < 4.78 is 0. The molecule has 0 aliphatic rings. The zero-order chi connectivity index (χ0) is 11.3. The van der Waals surface area contributed by atoms with Gasteiger partial charge in [-0.05, 0) is 17.7 Å². The number of benzene rings is 1. The SMILES string of the molecule is NCC(O)CSCc1ccc(Cl)cc1Cl. The Kier molecular flexibility index (Phi) is 5.79. The largest absolute Gasteiger partial charge is 0.391 e. The van der Waals surface area contributed by atoms with E-state index in [2.05, 4.69) is 0 Å². The molecule has 0 saturated carbocycles. The van der Waals surface area contributed by atoms with Gasteiger partial charge >= 0.3 is 0 Å². The first-order chi connectivity index (χ1) is 7.13. The highest BCUT2D eigenvalue weighted by molar-refractivity contribution is 7.98. The molecule has 0 bridgehead atoms. The van der Waals surface area contributed by atoms with Crippen LogP contribution in [0.5, 0.6) is 0 Å². The van der Waals surface area contributed by atoms with Gasteiger partial charge in [-0.3, -0.25) is 0 Å². The van der Waals surface area contributed by atoms with Crippen molar-refractivity contribution in [1.82, 2.24) is 0 Å². The Balaban J connectivity index is 2.44. The quantitative estimate of drug-likeness (QED) is 0.861. The molecule has 2 nitrogen and oxygen atoms in total. The number of hydrogen-bond donors (Lipinski definition) is 2. The summed E-state index contributed by atoms with van der Waals surface area (Å²) in [6.07, 6.45) is -0.443. The molecule has 5 heteroatoms. The molecule has 0 aromatic heterocycles. The molecule has 1 rings (SSSR count). The van der Waals surface area contributed by atoms with Gasteiger partial charge in [0.15, 0.2) is 0 Å². The summed E-state index contributed by atoms with van der Waals surface area (Å²) in [5, 5.41) is 10.5. The van der Waals surface area contributed by atoms with E-state index in [-0.39, 0.29) is 0 Å². The van der Waals surface area contributed by atoms with E-state index in [1.54, 1.807) is 17.8 Å². The first-order valence-corrected chi connectivity index (χ1v) is 6.44. The summed E-state index contributed by atoms with van der Waals surface area (Å²) in [6, 6.07) is 5.42. The number of aliphatic hydroxyl groups is 1. The van der Waals surface area contributed by atoms with E-state index in [4.69, 9.17) is 28.9 Å². The number of hydrogen-bond acceptors (Lipinski definition) is 3. The highest BCUT2D eigenvalue weighted by Crippen LogP contribution is 2.24. The van der Waals surface area contributed by atoms with Crippen LogP contribution in [-0.2, 0) is 5.75 Å². The molecule has 3 N–H and O–H groups in total. The summed E-state index contributed by atoms with van der Waals surface area (Å²) in [5.74, 6) is 1.38. The molecule has 0 fully saturated rings. The van der Waals surface area contributed by atoms with Crippen molar-refractivity contribution >= 4 is 35.0 Å². The van der Waals surface area contributed by atoms with E-state index < -0.39 is 6.10 Å². The minimum atomic E-state index is -0.443. The van der Waals surface area contributed by atoms with Crippen LogP contribution in [0.15, 0.2) is 18.2 Å². The van der Waals surface area contributed by atoms with E-state index in [0.29, 0.717) is 22.3 Å². The Bertz CT molecular complexity index is 322. The molecule has 1 unspecified atom stereocenters.